The van der Waals surface area contributed by atoms with Crippen molar-refractivity contribution in [3.05, 3.63) is 48.5 Å². The van der Waals surface area contributed by atoms with Crippen LogP contribution in [0.1, 0.15) is 26.7 Å². The summed E-state index contributed by atoms with van der Waals surface area (Å²) in [6.45, 7) is 4.84. The molecular weight excluding hydrogens is 472 g/mol. The van der Waals surface area contributed by atoms with E-state index in [1.807, 2.05) is 6.92 Å². The molecule has 188 valence electrons. The second kappa shape index (κ2) is 11.9. The van der Waals surface area contributed by atoms with Gasteiger partial charge in [-0.3, -0.25) is 14.4 Å². The average Bonchev–Trinajstić information content (AvgIpc) is 3.21. The Morgan fingerprint density at radius 3 is 2.29 bits per heavy atom. The van der Waals surface area contributed by atoms with Gasteiger partial charge in [-0.05, 0) is 61.9 Å². The number of benzene rings is 2. The van der Waals surface area contributed by atoms with Crippen LogP contribution in [0.5, 0.6) is 0 Å². The monoisotopic (exact) mass is 502 g/mol. The lowest BCUT2D eigenvalue weighted by molar-refractivity contribution is -0.122. The molecule has 2 aromatic rings. The molecule has 0 aliphatic carbocycles. The first kappa shape index (κ1) is 26.3. The lowest BCUT2D eigenvalue weighted by Crippen LogP contribution is -2.28. The first-order valence-electron chi connectivity index (χ1n) is 11.4. The molecule has 3 amide bonds. The number of rotatable bonds is 11. The molecule has 0 bridgehead atoms. The second-order valence-electron chi connectivity index (χ2n) is 8.10. The van der Waals surface area contributed by atoms with Gasteiger partial charge < -0.3 is 20.3 Å². The summed E-state index contributed by atoms with van der Waals surface area (Å²) in [6.07, 6.45) is 0.634. The topological polar surface area (TPSA) is 134 Å². The lowest BCUT2D eigenvalue weighted by atomic mass is 10.1. The van der Waals surface area contributed by atoms with Crippen LogP contribution in [0.15, 0.2) is 53.4 Å². The minimum Gasteiger partial charge on any atom is -0.382 e. The quantitative estimate of drug-likeness (QED) is 0.404. The summed E-state index contributed by atoms with van der Waals surface area (Å²) in [7, 11) is -3.66. The predicted molar refractivity (Wildman–Crippen MR) is 133 cm³/mol. The smallest absolute Gasteiger partial charge is 0.240 e. The Morgan fingerprint density at radius 1 is 1.03 bits per heavy atom. The maximum atomic E-state index is 12.7. The van der Waals surface area contributed by atoms with E-state index in [-0.39, 0.29) is 42.1 Å². The predicted octanol–water partition coefficient (Wildman–Crippen LogP) is 2.34. The number of hydrogen-bond donors (Lipinski definition) is 3. The SMILES string of the molecule is CCOCCCNS(=O)(=O)c1ccc(NC(=O)C2CC(=O)N(c3ccc(NC(C)=O)cc3)C2)cc1. The zero-order chi connectivity index (χ0) is 25.4. The molecular formula is C24H30N4O6S. The summed E-state index contributed by atoms with van der Waals surface area (Å²) in [5.41, 5.74) is 1.70. The minimum atomic E-state index is -3.66. The van der Waals surface area contributed by atoms with Crippen LogP contribution in [0, 0.1) is 5.92 Å². The third-order valence-electron chi connectivity index (χ3n) is 5.39. The fraction of sp³-hybridized carbons (Fsp3) is 0.375. The van der Waals surface area contributed by atoms with Gasteiger partial charge in [0.05, 0.1) is 10.8 Å². The van der Waals surface area contributed by atoms with E-state index < -0.39 is 15.9 Å². The molecule has 1 unspecified atom stereocenters. The van der Waals surface area contributed by atoms with Crippen molar-refractivity contribution in [1.29, 1.82) is 0 Å². The lowest BCUT2D eigenvalue weighted by Gasteiger charge is -2.17. The molecule has 0 radical (unpaired) electrons. The molecule has 1 aliphatic heterocycles. The molecule has 0 aromatic heterocycles. The van der Waals surface area contributed by atoms with Gasteiger partial charge in [0.25, 0.3) is 0 Å². The van der Waals surface area contributed by atoms with E-state index >= 15 is 0 Å². The highest BCUT2D eigenvalue weighted by molar-refractivity contribution is 7.89. The maximum absolute atomic E-state index is 12.7. The summed E-state index contributed by atoms with van der Waals surface area (Å²) in [5, 5.41) is 5.42. The summed E-state index contributed by atoms with van der Waals surface area (Å²) in [5.74, 6) is -1.23. The van der Waals surface area contributed by atoms with Gasteiger partial charge in [-0.25, -0.2) is 13.1 Å². The average molecular weight is 503 g/mol. The zero-order valence-corrected chi connectivity index (χ0v) is 20.6. The third-order valence-corrected chi connectivity index (χ3v) is 6.87. The normalized spacial score (nSPS) is 15.8. The molecule has 0 saturated carbocycles. The van der Waals surface area contributed by atoms with Gasteiger partial charge in [-0.2, -0.15) is 0 Å². The Hall–Kier alpha value is -3.28. The van der Waals surface area contributed by atoms with Gasteiger partial charge in [-0.1, -0.05) is 0 Å². The van der Waals surface area contributed by atoms with Crippen LogP contribution in [0.3, 0.4) is 0 Å². The number of carbonyl (C=O) groups is 3. The van der Waals surface area contributed by atoms with E-state index in [1.165, 1.54) is 36.1 Å². The van der Waals surface area contributed by atoms with Crippen LogP contribution in [0.2, 0.25) is 0 Å². The number of nitrogens with one attached hydrogen (secondary N) is 3. The molecule has 10 nitrogen and oxygen atoms in total. The standard InChI is InChI=1S/C24H30N4O6S/c1-3-34-14-4-13-25-35(32,33)22-11-7-20(8-12-22)27-24(31)18-15-23(30)28(16-18)21-9-5-19(6-10-21)26-17(2)29/h5-12,18,25H,3-4,13-16H2,1-2H3,(H,26,29)(H,27,31). The van der Waals surface area contributed by atoms with Crippen LogP contribution in [-0.2, 0) is 29.1 Å². The Bertz CT molecular complexity index is 1150. The first-order chi connectivity index (χ1) is 16.7. The molecule has 1 fully saturated rings. The molecule has 1 atom stereocenters. The fourth-order valence-corrected chi connectivity index (χ4v) is 4.71. The first-order valence-corrected chi connectivity index (χ1v) is 12.8. The molecule has 1 heterocycles. The van der Waals surface area contributed by atoms with E-state index in [9.17, 15) is 22.8 Å². The van der Waals surface area contributed by atoms with Crippen molar-refractivity contribution in [3.8, 4) is 0 Å². The van der Waals surface area contributed by atoms with Gasteiger partial charge in [0, 0.05) is 56.7 Å². The van der Waals surface area contributed by atoms with Crippen molar-refractivity contribution in [2.45, 2.75) is 31.6 Å². The van der Waals surface area contributed by atoms with Crippen LogP contribution in [-0.4, -0.2) is 52.4 Å². The maximum Gasteiger partial charge on any atom is 0.240 e. The largest absolute Gasteiger partial charge is 0.382 e. The van der Waals surface area contributed by atoms with Crippen molar-refractivity contribution in [1.82, 2.24) is 4.72 Å². The molecule has 1 saturated heterocycles. The highest BCUT2D eigenvalue weighted by atomic mass is 32.2. The van der Waals surface area contributed by atoms with E-state index in [2.05, 4.69) is 15.4 Å². The highest BCUT2D eigenvalue weighted by Crippen LogP contribution is 2.27. The summed E-state index contributed by atoms with van der Waals surface area (Å²) < 4.78 is 32.5. The van der Waals surface area contributed by atoms with Gasteiger partial charge in [-0.15, -0.1) is 0 Å². The number of hydrogen-bond acceptors (Lipinski definition) is 6. The molecule has 11 heteroatoms. The van der Waals surface area contributed by atoms with E-state index in [4.69, 9.17) is 4.74 Å². The van der Waals surface area contributed by atoms with Gasteiger partial charge >= 0.3 is 0 Å². The Kier molecular flexibility index (Phi) is 8.96. The molecule has 35 heavy (non-hydrogen) atoms. The van der Waals surface area contributed by atoms with Crippen molar-refractivity contribution in [2.75, 3.05) is 41.8 Å². The molecule has 2 aromatic carbocycles. The van der Waals surface area contributed by atoms with Crippen LogP contribution in [0.4, 0.5) is 17.1 Å². The second-order valence-corrected chi connectivity index (χ2v) is 9.86. The van der Waals surface area contributed by atoms with Crippen LogP contribution >= 0.6 is 0 Å². The fourth-order valence-electron chi connectivity index (χ4n) is 3.63. The minimum absolute atomic E-state index is 0.0669. The van der Waals surface area contributed by atoms with Crippen molar-refractivity contribution < 1.29 is 27.5 Å². The van der Waals surface area contributed by atoms with Crippen molar-refractivity contribution in [3.63, 3.8) is 0 Å². The summed E-state index contributed by atoms with van der Waals surface area (Å²) in [6, 6.07) is 12.7. The van der Waals surface area contributed by atoms with Crippen LogP contribution in [0.25, 0.3) is 0 Å². The van der Waals surface area contributed by atoms with Gasteiger partial charge in [0.1, 0.15) is 0 Å². The number of ether oxygens (including phenoxy) is 1. The highest BCUT2D eigenvalue weighted by Gasteiger charge is 2.35. The number of carbonyl (C=O) groups excluding carboxylic acids is 3. The van der Waals surface area contributed by atoms with Gasteiger partial charge in [0.15, 0.2) is 0 Å². The van der Waals surface area contributed by atoms with E-state index in [0.29, 0.717) is 36.7 Å². The summed E-state index contributed by atoms with van der Waals surface area (Å²) in [4.78, 5) is 38.0. The van der Waals surface area contributed by atoms with Crippen molar-refractivity contribution in [2.24, 2.45) is 5.92 Å². The Morgan fingerprint density at radius 2 is 1.66 bits per heavy atom. The Labute approximate surface area is 205 Å². The molecule has 0 spiro atoms. The summed E-state index contributed by atoms with van der Waals surface area (Å²) >= 11 is 0. The van der Waals surface area contributed by atoms with E-state index in [0.717, 1.165) is 0 Å². The van der Waals surface area contributed by atoms with E-state index in [1.54, 1.807) is 24.3 Å². The number of sulfonamides is 1. The van der Waals surface area contributed by atoms with Crippen LogP contribution < -0.4 is 20.3 Å². The number of nitrogens with zero attached hydrogens (tertiary/aromatic N) is 1. The number of amides is 3. The number of anilines is 3. The molecule has 1 aliphatic rings. The van der Waals surface area contributed by atoms with Crippen molar-refractivity contribution >= 4 is 44.8 Å². The Balaban J connectivity index is 1.55. The zero-order valence-electron chi connectivity index (χ0n) is 19.7. The van der Waals surface area contributed by atoms with Gasteiger partial charge in [0.2, 0.25) is 27.7 Å². The molecule has 3 rings (SSSR count). The third kappa shape index (κ3) is 7.35. The molecule has 3 N–H and O–H groups in total.